The van der Waals surface area contributed by atoms with Gasteiger partial charge in [-0.3, -0.25) is 4.79 Å². The van der Waals surface area contributed by atoms with Gasteiger partial charge >= 0.3 is 0 Å². The molecule has 0 aliphatic carbocycles. The van der Waals surface area contributed by atoms with Gasteiger partial charge in [0.05, 0.1) is 23.2 Å². The van der Waals surface area contributed by atoms with E-state index >= 15 is 0 Å². The molecule has 7 heteroatoms. The van der Waals surface area contributed by atoms with E-state index in [4.69, 9.17) is 10.7 Å². The summed E-state index contributed by atoms with van der Waals surface area (Å²) in [6.07, 6.45) is 5.31. The van der Waals surface area contributed by atoms with E-state index in [9.17, 15) is 4.79 Å². The Labute approximate surface area is 187 Å². The molecule has 0 spiro atoms. The summed E-state index contributed by atoms with van der Waals surface area (Å²) < 4.78 is 1.81. The first-order chi connectivity index (χ1) is 15.6. The highest BCUT2D eigenvalue weighted by Gasteiger charge is 2.29. The van der Waals surface area contributed by atoms with Crippen LogP contribution in [-0.4, -0.2) is 52.7 Å². The predicted octanol–water partition coefficient (Wildman–Crippen LogP) is 3.19. The molecule has 0 unspecified atom stereocenters. The lowest BCUT2D eigenvalue weighted by molar-refractivity contribution is -0.126. The lowest BCUT2D eigenvalue weighted by Crippen LogP contribution is -2.46. The third-order valence-corrected chi connectivity index (χ3v) is 6.04. The lowest BCUT2D eigenvalue weighted by atomic mass is 10.0. The highest BCUT2D eigenvalue weighted by atomic mass is 16.2. The zero-order valence-corrected chi connectivity index (χ0v) is 18.1. The van der Waals surface area contributed by atoms with E-state index in [1.54, 1.807) is 12.4 Å². The molecular weight excluding hydrogens is 400 g/mol. The molecule has 3 heterocycles. The van der Waals surface area contributed by atoms with Crippen LogP contribution < -0.4 is 10.6 Å². The van der Waals surface area contributed by atoms with Crippen molar-refractivity contribution in [3.05, 3.63) is 78.6 Å². The van der Waals surface area contributed by atoms with Crippen molar-refractivity contribution in [3.8, 4) is 11.3 Å². The number of carbonyl (C=O) groups is 1. The molecule has 1 saturated heterocycles. The number of nitrogens with zero attached hydrogens (tertiary/aromatic N) is 5. The third-order valence-electron chi connectivity index (χ3n) is 6.04. The van der Waals surface area contributed by atoms with Gasteiger partial charge in [-0.25, -0.2) is 4.99 Å². The number of amides is 1. The standard InChI is InChI=1S/C25H26N6O/c1-29-23-12-6-5-11-20(23)21(24(32)30-15-7-10-19(26)17-30)16-27-25(29)31-22(13-14-28-31)18-8-3-2-4-9-18/h2-6,8-9,11-14,16,19H,7,10,15,17,26H2,1H3/t19-/m1/s1. The average Bonchev–Trinajstić information content (AvgIpc) is 3.26. The van der Waals surface area contributed by atoms with Crippen LogP contribution in [0.4, 0.5) is 5.69 Å². The Kier molecular flexibility index (Phi) is 5.33. The molecule has 2 aromatic carbocycles. The third kappa shape index (κ3) is 3.61. The number of aromatic nitrogens is 2. The topological polar surface area (TPSA) is 79.8 Å². The summed E-state index contributed by atoms with van der Waals surface area (Å²) in [7, 11) is 1.95. The number of likely N-dealkylation sites (tertiary alicyclic amines) is 1. The van der Waals surface area contributed by atoms with Gasteiger partial charge in [-0.05, 0) is 25.0 Å². The minimum absolute atomic E-state index is 0.0218. The summed E-state index contributed by atoms with van der Waals surface area (Å²) in [6.45, 7) is 1.29. The number of para-hydroxylation sites is 1. The molecule has 0 saturated carbocycles. The Morgan fingerprint density at radius 3 is 2.66 bits per heavy atom. The number of hydrogen-bond donors (Lipinski definition) is 1. The Morgan fingerprint density at radius 2 is 1.84 bits per heavy atom. The van der Waals surface area contributed by atoms with Crippen molar-refractivity contribution >= 4 is 23.1 Å². The van der Waals surface area contributed by atoms with E-state index in [0.717, 1.165) is 41.9 Å². The van der Waals surface area contributed by atoms with Crippen molar-refractivity contribution in [1.29, 1.82) is 0 Å². The zero-order valence-electron chi connectivity index (χ0n) is 18.1. The van der Waals surface area contributed by atoms with Gasteiger partial charge < -0.3 is 15.5 Å². The number of hydrogen-bond acceptors (Lipinski definition) is 5. The SMILES string of the molecule is CN1C(n2nccc2-c2ccccc2)=NC=C(C(=O)N2CCC[C@@H](N)C2)c2ccccc21. The van der Waals surface area contributed by atoms with E-state index in [1.165, 1.54) is 0 Å². The molecular formula is C25H26N6O. The first kappa shape index (κ1) is 20.2. The van der Waals surface area contributed by atoms with Crippen LogP contribution in [0.25, 0.3) is 16.8 Å². The second-order valence-corrected chi connectivity index (χ2v) is 8.20. The van der Waals surface area contributed by atoms with Gasteiger partial charge in [0.15, 0.2) is 0 Å². The summed E-state index contributed by atoms with van der Waals surface area (Å²) in [5, 5.41) is 4.55. The van der Waals surface area contributed by atoms with E-state index in [1.807, 2.05) is 82.2 Å². The molecule has 1 fully saturated rings. The van der Waals surface area contributed by atoms with Gasteiger partial charge in [0.1, 0.15) is 0 Å². The van der Waals surface area contributed by atoms with E-state index in [-0.39, 0.29) is 11.9 Å². The van der Waals surface area contributed by atoms with Gasteiger partial charge in [0.25, 0.3) is 5.91 Å². The molecule has 1 amide bonds. The molecule has 162 valence electrons. The van der Waals surface area contributed by atoms with Crippen LogP contribution in [-0.2, 0) is 4.79 Å². The van der Waals surface area contributed by atoms with Crippen LogP contribution in [0.1, 0.15) is 18.4 Å². The number of aliphatic imine (C=N–C) groups is 1. The molecule has 1 atom stereocenters. The fourth-order valence-electron chi connectivity index (χ4n) is 4.40. The summed E-state index contributed by atoms with van der Waals surface area (Å²) in [5.74, 6) is 0.592. The van der Waals surface area contributed by atoms with Crippen LogP contribution in [0, 0.1) is 0 Å². The van der Waals surface area contributed by atoms with Gasteiger partial charge in [-0.1, -0.05) is 48.5 Å². The van der Waals surface area contributed by atoms with Crippen molar-refractivity contribution in [3.63, 3.8) is 0 Å². The number of fused-ring (bicyclic) bond motifs is 1. The van der Waals surface area contributed by atoms with Crippen LogP contribution in [0.2, 0.25) is 0 Å². The van der Waals surface area contributed by atoms with E-state index in [0.29, 0.717) is 18.1 Å². The number of rotatable bonds is 2. The number of benzene rings is 2. The second kappa shape index (κ2) is 8.43. The number of anilines is 1. The predicted molar refractivity (Wildman–Crippen MR) is 127 cm³/mol. The average molecular weight is 427 g/mol. The maximum atomic E-state index is 13.5. The first-order valence-corrected chi connectivity index (χ1v) is 10.9. The molecule has 0 radical (unpaired) electrons. The Morgan fingerprint density at radius 1 is 1.06 bits per heavy atom. The minimum atomic E-state index is -0.0326. The van der Waals surface area contributed by atoms with E-state index in [2.05, 4.69) is 5.10 Å². The van der Waals surface area contributed by atoms with Crippen molar-refractivity contribution in [1.82, 2.24) is 14.7 Å². The fourth-order valence-corrected chi connectivity index (χ4v) is 4.40. The Hall–Kier alpha value is -3.71. The van der Waals surface area contributed by atoms with Crippen molar-refractivity contribution in [2.24, 2.45) is 10.7 Å². The van der Waals surface area contributed by atoms with Crippen LogP contribution in [0.3, 0.4) is 0 Å². The largest absolute Gasteiger partial charge is 0.337 e. The minimum Gasteiger partial charge on any atom is -0.337 e. The summed E-state index contributed by atoms with van der Waals surface area (Å²) in [6, 6.07) is 20.0. The maximum Gasteiger partial charge on any atom is 0.256 e. The molecule has 2 aliphatic heterocycles. The van der Waals surface area contributed by atoms with Crippen LogP contribution >= 0.6 is 0 Å². The summed E-state index contributed by atoms with van der Waals surface area (Å²) in [5.41, 5.74) is 10.4. The van der Waals surface area contributed by atoms with Gasteiger partial charge in [0.2, 0.25) is 5.96 Å². The van der Waals surface area contributed by atoms with Gasteiger partial charge in [0, 0.05) is 43.5 Å². The van der Waals surface area contributed by atoms with Crippen LogP contribution in [0.15, 0.2) is 78.1 Å². The fraction of sp³-hybridized carbons (Fsp3) is 0.240. The normalized spacial score (nSPS) is 18.5. The molecule has 5 rings (SSSR count). The van der Waals surface area contributed by atoms with Crippen molar-refractivity contribution in [2.45, 2.75) is 18.9 Å². The smallest absolute Gasteiger partial charge is 0.256 e. The van der Waals surface area contributed by atoms with Crippen molar-refractivity contribution < 1.29 is 4.79 Å². The summed E-state index contributed by atoms with van der Waals surface area (Å²) >= 11 is 0. The highest BCUT2D eigenvalue weighted by molar-refractivity contribution is 6.22. The monoisotopic (exact) mass is 426 g/mol. The summed E-state index contributed by atoms with van der Waals surface area (Å²) in [4.78, 5) is 22.1. The van der Waals surface area contributed by atoms with Crippen molar-refractivity contribution in [2.75, 3.05) is 25.0 Å². The molecule has 2 N–H and O–H groups in total. The molecule has 32 heavy (non-hydrogen) atoms. The van der Waals surface area contributed by atoms with Gasteiger partial charge in [-0.2, -0.15) is 9.78 Å². The first-order valence-electron chi connectivity index (χ1n) is 10.9. The van der Waals surface area contributed by atoms with E-state index < -0.39 is 0 Å². The zero-order chi connectivity index (χ0) is 22.1. The van der Waals surface area contributed by atoms with Crippen LogP contribution in [0.5, 0.6) is 0 Å². The van der Waals surface area contributed by atoms with Gasteiger partial charge in [-0.15, -0.1) is 0 Å². The lowest BCUT2D eigenvalue weighted by Gasteiger charge is -2.31. The molecule has 1 aromatic heterocycles. The highest BCUT2D eigenvalue weighted by Crippen LogP contribution is 2.32. The number of nitrogens with two attached hydrogens (primary N) is 1. The number of carbonyl (C=O) groups excluding carboxylic acids is 1. The second-order valence-electron chi connectivity index (χ2n) is 8.20. The quantitative estimate of drug-likeness (QED) is 0.683. The molecule has 2 aliphatic rings. The molecule has 0 bridgehead atoms. The molecule has 3 aromatic rings. The molecule has 7 nitrogen and oxygen atoms in total. The number of piperidine rings is 1. The Balaban J connectivity index is 1.60. The Bertz CT molecular complexity index is 1200. The maximum absolute atomic E-state index is 13.5.